The third-order valence-electron chi connectivity index (χ3n) is 4.23. The van der Waals surface area contributed by atoms with Crippen molar-refractivity contribution in [2.45, 2.75) is 0 Å². The summed E-state index contributed by atoms with van der Waals surface area (Å²) in [6, 6.07) is 15.1. The Morgan fingerprint density at radius 1 is 0.769 bits per heavy atom. The van der Waals surface area contributed by atoms with Crippen molar-refractivity contribution in [1.82, 2.24) is 9.97 Å². The van der Waals surface area contributed by atoms with Gasteiger partial charge in [-0.25, -0.2) is 9.97 Å². The largest absolute Gasteiger partial charge is 0.493 e. The molecule has 0 bridgehead atoms. The molecule has 26 heavy (non-hydrogen) atoms. The van der Waals surface area contributed by atoms with Crippen molar-refractivity contribution >= 4 is 27.4 Å². The summed E-state index contributed by atoms with van der Waals surface area (Å²) in [7, 11) is 3.17. The molecule has 0 fully saturated rings. The fourth-order valence-corrected chi connectivity index (χ4v) is 2.93. The maximum atomic E-state index is 6.13. The molecule has 4 aromatic rings. The van der Waals surface area contributed by atoms with Gasteiger partial charge in [0.2, 0.25) is 5.88 Å². The van der Waals surface area contributed by atoms with Gasteiger partial charge < -0.3 is 19.9 Å². The maximum Gasteiger partial charge on any atom is 0.230 e. The Labute approximate surface area is 150 Å². The summed E-state index contributed by atoms with van der Waals surface area (Å²) in [5, 5.41) is 2.58. The normalized spacial score (nSPS) is 10.8. The molecule has 1 aromatic heterocycles. The lowest BCUT2D eigenvalue weighted by Crippen LogP contribution is -1.96. The topological polar surface area (TPSA) is 79.5 Å². The van der Waals surface area contributed by atoms with Crippen LogP contribution in [0.2, 0.25) is 0 Å². The second-order valence-corrected chi connectivity index (χ2v) is 5.70. The predicted octanol–water partition coefficient (Wildman–Crippen LogP) is 4.17. The van der Waals surface area contributed by atoms with Crippen molar-refractivity contribution in [3.8, 4) is 23.1 Å². The lowest BCUT2D eigenvalue weighted by molar-refractivity contribution is 0.355. The molecule has 1 heterocycles. The summed E-state index contributed by atoms with van der Waals surface area (Å²) in [4.78, 5) is 8.60. The van der Waals surface area contributed by atoms with E-state index < -0.39 is 0 Å². The Bertz CT molecular complexity index is 1110. The van der Waals surface area contributed by atoms with Crippen molar-refractivity contribution in [2.24, 2.45) is 0 Å². The molecule has 0 saturated heterocycles. The molecule has 0 atom stereocenters. The van der Waals surface area contributed by atoms with Gasteiger partial charge in [-0.3, -0.25) is 0 Å². The number of ether oxygens (including phenoxy) is 3. The Hall–Kier alpha value is -3.54. The van der Waals surface area contributed by atoms with Gasteiger partial charge in [0, 0.05) is 22.5 Å². The molecule has 2 N–H and O–H groups in total. The van der Waals surface area contributed by atoms with Gasteiger partial charge in [-0.05, 0) is 18.2 Å². The zero-order chi connectivity index (χ0) is 18.1. The molecule has 0 aliphatic carbocycles. The average Bonchev–Trinajstić information content (AvgIpc) is 2.69. The van der Waals surface area contributed by atoms with E-state index in [4.69, 9.17) is 19.9 Å². The number of aromatic nitrogens is 2. The number of hydrogen-bond donors (Lipinski definition) is 1. The van der Waals surface area contributed by atoms with Crippen LogP contribution in [0.5, 0.6) is 23.1 Å². The lowest BCUT2D eigenvalue weighted by Gasteiger charge is -2.13. The summed E-state index contributed by atoms with van der Waals surface area (Å²) in [5.41, 5.74) is 7.47. The quantitative estimate of drug-likeness (QED) is 0.558. The molecule has 0 unspecified atom stereocenters. The molecule has 130 valence electrons. The van der Waals surface area contributed by atoms with Crippen LogP contribution in [0.3, 0.4) is 0 Å². The molecule has 6 nitrogen and oxygen atoms in total. The van der Waals surface area contributed by atoms with Crippen molar-refractivity contribution in [2.75, 3.05) is 20.0 Å². The highest BCUT2D eigenvalue weighted by Gasteiger charge is 2.14. The Kier molecular flexibility index (Phi) is 3.93. The highest BCUT2D eigenvalue weighted by atomic mass is 16.5. The molecular weight excluding hydrogens is 330 g/mol. The zero-order valence-electron chi connectivity index (χ0n) is 14.4. The highest BCUT2D eigenvalue weighted by Crippen LogP contribution is 2.38. The van der Waals surface area contributed by atoms with E-state index >= 15 is 0 Å². The first-order valence-electron chi connectivity index (χ1n) is 8.03. The number of fused-ring (bicyclic) bond motifs is 2. The molecule has 0 amide bonds. The number of nitrogens with zero attached hydrogens (tertiary/aromatic N) is 2. The van der Waals surface area contributed by atoms with E-state index in [0.717, 1.165) is 16.2 Å². The number of hydrogen-bond acceptors (Lipinski definition) is 6. The van der Waals surface area contributed by atoms with Crippen LogP contribution in [-0.2, 0) is 0 Å². The average molecular weight is 347 g/mol. The first-order valence-corrected chi connectivity index (χ1v) is 8.03. The summed E-state index contributed by atoms with van der Waals surface area (Å²) in [6.45, 7) is 0. The number of nitrogens with two attached hydrogens (primary N) is 1. The molecule has 3 aromatic carbocycles. The fourth-order valence-electron chi connectivity index (χ4n) is 2.93. The molecule has 0 saturated carbocycles. The third kappa shape index (κ3) is 2.61. The van der Waals surface area contributed by atoms with E-state index in [1.54, 1.807) is 20.3 Å². The molecule has 0 spiro atoms. The Morgan fingerprint density at radius 3 is 2.27 bits per heavy atom. The molecule has 6 heteroatoms. The predicted molar refractivity (Wildman–Crippen MR) is 101 cm³/mol. The molecule has 0 aliphatic rings. The van der Waals surface area contributed by atoms with Crippen molar-refractivity contribution in [1.29, 1.82) is 0 Å². The third-order valence-corrected chi connectivity index (χ3v) is 4.23. The van der Waals surface area contributed by atoms with Crippen LogP contribution in [0.4, 0.5) is 5.69 Å². The molecular formula is C20H17N3O3. The summed E-state index contributed by atoms with van der Waals surface area (Å²) >= 11 is 0. The summed E-state index contributed by atoms with van der Waals surface area (Å²) in [6.07, 6.45) is 1.46. The minimum atomic E-state index is 0.436. The van der Waals surface area contributed by atoms with Gasteiger partial charge in [0.05, 0.1) is 25.1 Å². The van der Waals surface area contributed by atoms with Crippen LogP contribution in [0.25, 0.3) is 21.7 Å². The monoisotopic (exact) mass is 347 g/mol. The van der Waals surface area contributed by atoms with Crippen molar-refractivity contribution < 1.29 is 14.2 Å². The van der Waals surface area contributed by atoms with Gasteiger partial charge in [-0.2, -0.15) is 0 Å². The van der Waals surface area contributed by atoms with Crippen LogP contribution < -0.4 is 19.9 Å². The first kappa shape index (κ1) is 16.0. The van der Waals surface area contributed by atoms with Gasteiger partial charge in [0.1, 0.15) is 12.1 Å². The number of benzene rings is 3. The lowest BCUT2D eigenvalue weighted by atomic mass is 10.1. The van der Waals surface area contributed by atoms with Gasteiger partial charge in [-0.15, -0.1) is 0 Å². The van der Waals surface area contributed by atoms with Crippen LogP contribution in [-0.4, -0.2) is 24.2 Å². The van der Waals surface area contributed by atoms with Gasteiger partial charge in [0.25, 0.3) is 0 Å². The number of anilines is 1. The minimum absolute atomic E-state index is 0.436. The highest BCUT2D eigenvalue weighted by molar-refractivity contribution is 5.97. The van der Waals surface area contributed by atoms with Crippen LogP contribution in [0, 0.1) is 0 Å². The van der Waals surface area contributed by atoms with E-state index in [2.05, 4.69) is 9.97 Å². The van der Waals surface area contributed by atoms with E-state index in [1.807, 2.05) is 42.5 Å². The minimum Gasteiger partial charge on any atom is -0.493 e. The van der Waals surface area contributed by atoms with Gasteiger partial charge in [0.15, 0.2) is 11.5 Å². The first-order chi connectivity index (χ1) is 12.7. The number of nitrogen functional groups attached to an aromatic ring is 1. The van der Waals surface area contributed by atoms with Crippen LogP contribution >= 0.6 is 0 Å². The maximum absolute atomic E-state index is 6.13. The van der Waals surface area contributed by atoms with Crippen molar-refractivity contribution in [3.05, 3.63) is 54.9 Å². The number of rotatable bonds is 4. The van der Waals surface area contributed by atoms with Gasteiger partial charge >= 0.3 is 0 Å². The Balaban J connectivity index is 1.87. The second-order valence-electron chi connectivity index (χ2n) is 5.70. The summed E-state index contributed by atoms with van der Waals surface area (Å²) < 4.78 is 16.8. The van der Waals surface area contributed by atoms with Crippen LogP contribution in [0.1, 0.15) is 0 Å². The molecule has 0 radical (unpaired) electrons. The Morgan fingerprint density at radius 2 is 1.50 bits per heavy atom. The standard InChI is InChI=1S/C20H17N3O3/c1-24-18-9-14-16(10-19(18)25-2)22-11-23-20(14)26-17-8-7-15(21)12-5-3-4-6-13(12)17/h3-11H,21H2,1-2H3. The SMILES string of the molecule is COc1cc2ncnc(Oc3ccc(N)c4ccccc34)c2cc1OC. The van der Waals surface area contributed by atoms with E-state index in [9.17, 15) is 0 Å². The smallest absolute Gasteiger partial charge is 0.230 e. The van der Waals surface area contributed by atoms with E-state index in [-0.39, 0.29) is 0 Å². The van der Waals surface area contributed by atoms with E-state index in [1.165, 1.54) is 6.33 Å². The van der Waals surface area contributed by atoms with Gasteiger partial charge in [-0.1, -0.05) is 24.3 Å². The van der Waals surface area contributed by atoms with E-state index in [0.29, 0.717) is 34.3 Å². The fraction of sp³-hybridized carbons (Fsp3) is 0.100. The number of methoxy groups -OCH3 is 2. The molecule has 4 rings (SSSR count). The molecule has 0 aliphatic heterocycles. The van der Waals surface area contributed by atoms with Crippen LogP contribution in [0.15, 0.2) is 54.9 Å². The van der Waals surface area contributed by atoms with Crippen molar-refractivity contribution in [3.63, 3.8) is 0 Å². The summed E-state index contributed by atoms with van der Waals surface area (Å²) in [5.74, 6) is 2.29. The zero-order valence-corrected chi connectivity index (χ0v) is 14.4. The second kappa shape index (κ2) is 6.40.